The lowest BCUT2D eigenvalue weighted by Gasteiger charge is -2.31. The van der Waals surface area contributed by atoms with Crippen molar-refractivity contribution < 1.29 is 5.11 Å². The van der Waals surface area contributed by atoms with Gasteiger partial charge in [0.15, 0.2) is 0 Å². The molecule has 1 aliphatic carbocycles. The maximum absolute atomic E-state index is 9.28. The molecular weight excluding hydrogens is 246 g/mol. The van der Waals surface area contributed by atoms with Crippen molar-refractivity contribution in [3.8, 4) is 5.95 Å². The zero-order valence-corrected chi connectivity index (χ0v) is 10.5. The lowest BCUT2D eigenvalue weighted by Crippen LogP contribution is -2.39. The van der Waals surface area contributed by atoms with Crippen molar-refractivity contribution in [3.05, 3.63) is 18.7 Å². The summed E-state index contributed by atoms with van der Waals surface area (Å²) in [6, 6.07) is 0.220. The standard InChI is InChI=1S/C11H15N7O/c1-12-9-15-10(14-7-4-8(19)5-7)17-11(16-9)18-3-2-13-6-18/h2-3,6-8,19H,4-5H2,1H3,(H2,12,14,15,16,17). The molecule has 0 spiro atoms. The number of hydrogen-bond donors (Lipinski definition) is 3. The van der Waals surface area contributed by atoms with Gasteiger partial charge in [0.25, 0.3) is 0 Å². The summed E-state index contributed by atoms with van der Waals surface area (Å²) < 4.78 is 1.71. The third-order valence-electron chi connectivity index (χ3n) is 3.03. The molecule has 3 N–H and O–H groups in total. The van der Waals surface area contributed by atoms with E-state index in [4.69, 9.17) is 0 Å². The van der Waals surface area contributed by atoms with Crippen molar-refractivity contribution in [2.45, 2.75) is 25.0 Å². The summed E-state index contributed by atoms with van der Waals surface area (Å²) >= 11 is 0. The topological polar surface area (TPSA) is 101 Å². The van der Waals surface area contributed by atoms with Crippen LogP contribution in [-0.4, -0.2) is 48.8 Å². The van der Waals surface area contributed by atoms with E-state index in [0.717, 1.165) is 12.8 Å². The number of aromatic nitrogens is 5. The highest BCUT2D eigenvalue weighted by Gasteiger charge is 2.27. The Bertz CT molecular complexity index is 550. The van der Waals surface area contributed by atoms with Crippen LogP contribution >= 0.6 is 0 Å². The van der Waals surface area contributed by atoms with E-state index < -0.39 is 0 Å². The molecule has 0 unspecified atom stereocenters. The molecule has 8 nitrogen and oxygen atoms in total. The molecule has 0 bridgehead atoms. The molecule has 100 valence electrons. The second kappa shape index (κ2) is 4.81. The highest BCUT2D eigenvalue weighted by atomic mass is 16.3. The number of imidazole rings is 1. The molecule has 0 saturated heterocycles. The molecule has 1 saturated carbocycles. The maximum atomic E-state index is 9.28. The van der Waals surface area contributed by atoms with Crippen molar-refractivity contribution >= 4 is 11.9 Å². The van der Waals surface area contributed by atoms with Crippen molar-refractivity contribution in [2.24, 2.45) is 0 Å². The van der Waals surface area contributed by atoms with Crippen LogP contribution in [0.15, 0.2) is 18.7 Å². The van der Waals surface area contributed by atoms with Gasteiger partial charge in [-0.15, -0.1) is 0 Å². The third kappa shape index (κ3) is 2.48. The minimum atomic E-state index is -0.212. The van der Waals surface area contributed by atoms with Gasteiger partial charge in [0, 0.05) is 25.5 Å². The van der Waals surface area contributed by atoms with Crippen LogP contribution in [0.5, 0.6) is 0 Å². The van der Waals surface area contributed by atoms with Crippen molar-refractivity contribution in [3.63, 3.8) is 0 Å². The first-order valence-corrected chi connectivity index (χ1v) is 6.11. The number of aliphatic hydroxyl groups is 1. The smallest absolute Gasteiger partial charge is 0.241 e. The second-order valence-electron chi connectivity index (χ2n) is 4.47. The average molecular weight is 261 g/mol. The maximum Gasteiger partial charge on any atom is 0.241 e. The van der Waals surface area contributed by atoms with Crippen LogP contribution < -0.4 is 10.6 Å². The predicted octanol–water partition coefficient (Wildman–Crippen LogP) is 0.0342. The summed E-state index contributed by atoms with van der Waals surface area (Å²) in [6.45, 7) is 0. The summed E-state index contributed by atoms with van der Waals surface area (Å²) in [5, 5.41) is 15.4. The van der Waals surface area contributed by atoms with Crippen LogP contribution in [0, 0.1) is 0 Å². The highest BCUT2D eigenvalue weighted by molar-refractivity contribution is 5.38. The number of nitrogens with zero attached hydrogens (tertiary/aromatic N) is 5. The molecule has 3 rings (SSSR count). The normalized spacial score (nSPS) is 21.8. The average Bonchev–Trinajstić information content (AvgIpc) is 2.90. The Morgan fingerprint density at radius 1 is 1.26 bits per heavy atom. The number of nitrogens with one attached hydrogen (secondary N) is 2. The third-order valence-corrected chi connectivity index (χ3v) is 3.03. The van der Waals surface area contributed by atoms with Gasteiger partial charge in [-0.25, -0.2) is 4.98 Å². The van der Waals surface area contributed by atoms with Crippen LogP contribution in [-0.2, 0) is 0 Å². The SMILES string of the molecule is CNc1nc(NC2CC(O)C2)nc(-n2ccnc2)n1. The molecule has 0 radical (unpaired) electrons. The predicted molar refractivity (Wildman–Crippen MR) is 69.1 cm³/mol. The summed E-state index contributed by atoms with van der Waals surface area (Å²) in [6.07, 6.45) is 6.30. The molecule has 2 aromatic heterocycles. The molecule has 0 aromatic carbocycles. The summed E-state index contributed by atoms with van der Waals surface area (Å²) in [7, 11) is 1.75. The number of hydrogen-bond acceptors (Lipinski definition) is 7. The first-order valence-electron chi connectivity index (χ1n) is 6.11. The van der Waals surface area contributed by atoms with E-state index in [-0.39, 0.29) is 12.1 Å². The lowest BCUT2D eigenvalue weighted by atomic mass is 9.90. The highest BCUT2D eigenvalue weighted by Crippen LogP contribution is 2.23. The minimum absolute atomic E-state index is 0.212. The van der Waals surface area contributed by atoms with Crippen molar-refractivity contribution in [1.29, 1.82) is 0 Å². The van der Waals surface area contributed by atoms with E-state index in [9.17, 15) is 5.11 Å². The Morgan fingerprint density at radius 3 is 2.68 bits per heavy atom. The molecule has 19 heavy (non-hydrogen) atoms. The van der Waals surface area contributed by atoms with Gasteiger partial charge in [-0.05, 0) is 12.8 Å². The van der Waals surface area contributed by atoms with Gasteiger partial charge in [0.2, 0.25) is 17.8 Å². The molecule has 2 heterocycles. The second-order valence-corrected chi connectivity index (χ2v) is 4.47. The Labute approximate surface area is 109 Å². The van der Waals surface area contributed by atoms with E-state index >= 15 is 0 Å². The summed E-state index contributed by atoms with van der Waals surface area (Å²) in [5.41, 5.74) is 0. The van der Waals surface area contributed by atoms with Crippen LogP contribution in [0.25, 0.3) is 5.95 Å². The van der Waals surface area contributed by atoms with E-state index in [0.29, 0.717) is 17.8 Å². The number of rotatable bonds is 4. The molecule has 2 aromatic rings. The molecule has 0 aliphatic heterocycles. The van der Waals surface area contributed by atoms with E-state index in [1.807, 2.05) is 0 Å². The molecular formula is C11H15N7O. The van der Waals surface area contributed by atoms with Crippen LogP contribution in [0.2, 0.25) is 0 Å². The molecule has 0 atom stereocenters. The summed E-state index contributed by atoms with van der Waals surface area (Å²) in [5.74, 6) is 1.49. The van der Waals surface area contributed by atoms with Gasteiger partial charge in [0.05, 0.1) is 6.10 Å². The first kappa shape index (κ1) is 11.8. The van der Waals surface area contributed by atoms with Crippen molar-refractivity contribution in [2.75, 3.05) is 17.7 Å². The largest absolute Gasteiger partial charge is 0.393 e. The lowest BCUT2D eigenvalue weighted by molar-refractivity contribution is 0.0834. The Morgan fingerprint density at radius 2 is 2.05 bits per heavy atom. The van der Waals surface area contributed by atoms with Crippen molar-refractivity contribution in [1.82, 2.24) is 24.5 Å². The van der Waals surface area contributed by atoms with E-state index in [1.165, 1.54) is 0 Å². The van der Waals surface area contributed by atoms with E-state index in [1.54, 1.807) is 30.3 Å². The Kier molecular flexibility index (Phi) is 3.00. The fourth-order valence-corrected chi connectivity index (χ4v) is 1.92. The minimum Gasteiger partial charge on any atom is -0.393 e. The Balaban J connectivity index is 1.85. The van der Waals surface area contributed by atoms with Gasteiger partial charge in [-0.3, -0.25) is 4.57 Å². The van der Waals surface area contributed by atoms with Gasteiger partial charge in [-0.2, -0.15) is 15.0 Å². The number of aliphatic hydroxyl groups excluding tert-OH is 1. The number of anilines is 2. The van der Waals surface area contributed by atoms with Gasteiger partial charge < -0.3 is 15.7 Å². The Hall–Kier alpha value is -2.22. The molecule has 0 amide bonds. The molecule has 1 fully saturated rings. The fraction of sp³-hybridized carbons (Fsp3) is 0.455. The summed E-state index contributed by atoms with van der Waals surface area (Å²) in [4.78, 5) is 16.8. The zero-order valence-electron chi connectivity index (χ0n) is 10.5. The van der Waals surface area contributed by atoms with Gasteiger partial charge in [0.1, 0.15) is 6.33 Å². The molecule has 1 aliphatic rings. The monoisotopic (exact) mass is 261 g/mol. The van der Waals surface area contributed by atoms with Crippen LogP contribution in [0.4, 0.5) is 11.9 Å². The van der Waals surface area contributed by atoms with Crippen LogP contribution in [0.1, 0.15) is 12.8 Å². The van der Waals surface area contributed by atoms with Crippen LogP contribution in [0.3, 0.4) is 0 Å². The molecule has 8 heteroatoms. The first-order chi connectivity index (χ1) is 9.24. The van der Waals surface area contributed by atoms with Gasteiger partial charge >= 0.3 is 0 Å². The van der Waals surface area contributed by atoms with Gasteiger partial charge in [-0.1, -0.05) is 0 Å². The van der Waals surface area contributed by atoms with E-state index in [2.05, 4.69) is 30.6 Å². The fourth-order valence-electron chi connectivity index (χ4n) is 1.92. The quantitative estimate of drug-likeness (QED) is 0.714. The zero-order chi connectivity index (χ0) is 13.2.